The van der Waals surface area contributed by atoms with Crippen LogP contribution in [0.4, 0.5) is 0 Å². The van der Waals surface area contributed by atoms with Crippen molar-refractivity contribution >= 4 is 5.91 Å². The van der Waals surface area contributed by atoms with E-state index in [1.165, 1.54) is 0 Å². The van der Waals surface area contributed by atoms with Crippen molar-refractivity contribution in [1.29, 1.82) is 0 Å². The molecule has 2 aliphatic heterocycles. The predicted molar refractivity (Wildman–Crippen MR) is 117 cm³/mol. The number of carbonyl (C=O) groups excluding carboxylic acids is 1. The van der Waals surface area contributed by atoms with E-state index in [-0.39, 0.29) is 17.4 Å². The molecule has 0 bridgehead atoms. The molecular weight excluding hydrogens is 390 g/mol. The molecule has 0 saturated carbocycles. The topological polar surface area (TPSA) is 82.2 Å². The first kappa shape index (κ1) is 20.1. The highest BCUT2D eigenvalue weighted by Gasteiger charge is 2.31. The number of H-pyrrole nitrogens is 1. The first-order valence-electron chi connectivity index (χ1n) is 11.3. The molecule has 2 atom stereocenters. The van der Waals surface area contributed by atoms with Crippen molar-refractivity contribution in [3.8, 4) is 0 Å². The summed E-state index contributed by atoms with van der Waals surface area (Å²) in [4.78, 5) is 41.8. The number of nitrogens with zero attached hydrogens (tertiary/aromatic N) is 4. The van der Waals surface area contributed by atoms with E-state index in [4.69, 9.17) is 4.98 Å². The molecule has 31 heavy (non-hydrogen) atoms. The van der Waals surface area contributed by atoms with Crippen LogP contribution in [0.2, 0.25) is 0 Å². The van der Waals surface area contributed by atoms with Crippen LogP contribution in [-0.2, 0) is 24.3 Å². The summed E-state index contributed by atoms with van der Waals surface area (Å²) in [7, 11) is 0. The van der Waals surface area contributed by atoms with E-state index in [1.807, 2.05) is 17.2 Å². The van der Waals surface area contributed by atoms with Gasteiger partial charge in [0.25, 0.3) is 5.56 Å². The van der Waals surface area contributed by atoms with Crippen LogP contribution in [0.15, 0.2) is 41.5 Å². The molecule has 0 unspecified atom stereocenters. The quantitative estimate of drug-likeness (QED) is 0.753. The molecule has 1 N–H and O–H groups in total. The Morgan fingerprint density at radius 2 is 2.19 bits per heavy atom. The Kier molecular flexibility index (Phi) is 5.68. The van der Waals surface area contributed by atoms with Crippen molar-refractivity contribution in [1.82, 2.24) is 24.8 Å². The summed E-state index contributed by atoms with van der Waals surface area (Å²) >= 11 is 0. The number of amides is 1. The first-order valence-corrected chi connectivity index (χ1v) is 11.3. The molecule has 2 aromatic heterocycles. The molecule has 1 amide bonds. The maximum atomic E-state index is 12.7. The Morgan fingerprint density at radius 1 is 1.26 bits per heavy atom. The van der Waals surface area contributed by atoms with Gasteiger partial charge in [-0.2, -0.15) is 0 Å². The van der Waals surface area contributed by atoms with Crippen molar-refractivity contribution < 1.29 is 4.79 Å². The number of aromatic nitrogens is 3. The van der Waals surface area contributed by atoms with Gasteiger partial charge in [0.05, 0.1) is 5.69 Å². The predicted octanol–water partition coefficient (Wildman–Crippen LogP) is 2.40. The highest BCUT2D eigenvalue weighted by molar-refractivity contribution is 5.77. The Balaban J connectivity index is 1.26. The zero-order valence-electron chi connectivity index (χ0n) is 17.8. The van der Waals surface area contributed by atoms with Gasteiger partial charge in [-0.15, -0.1) is 0 Å². The third-order valence-corrected chi connectivity index (χ3v) is 6.78. The molecule has 162 valence electrons. The standard InChI is InChI=1S/C24H29N5O2/c30-22(12-17-4-1-2-5-17)29-11-7-19(15-29)23-26-21-16-28(10-8-20(21)24(31)27-23)14-18-6-3-9-25-13-18/h1,3-4,6,9,13,17,19H,2,5,7-8,10-12,14-16H2,(H,26,27,31)/t17-,19-/m1/s1. The van der Waals surface area contributed by atoms with E-state index in [9.17, 15) is 9.59 Å². The van der Waals surface area contributed by atoms with Crippen molar-refractivity contribution in [2.45, 2.75) is 51.1 Å². The molecule has 3 aliphatic rings. The molecule has 1 fully saturated rings. The van der Waals surface area contributed by atoms with Gasteiger partial charge in [-0.3, -0.25) is 19.5 Å². The van der Waals surface area contributed by atoms with Crippen molar-refractivity contribution in [2.24, 2.45) is 5.92 Å². The number of hydrogen-bond acceptors (Lipinski definition) is 5. The molecular formula is C24H29N5O2. The van der Waals surface area contributed by atoms with Gasteiger partial charge in [-0.1, -0.05) is 18.2 Å². The van der Waals surface area contributed by atoms with Crippen LogP contribution >= 0.6 is 0 Å². The number of aromatic amines is 1. The smallest absolute Gasteiger partial charge is 0.254 e. The number of pyridine rings is 1. The first-order chi connectivity index (χ1) is 15.2. The summed E-state index contributed by atoms with van der Waals surface area (Å²) in [5.74, 6) is 1.46. The number of hydrogen-bond donors (Lipinski definition) is 1. The molecule has 7 nitrogen and oxygen atoms in total. The minimum absolute atomic E-state index is 0.0121. The van der Waals surface area contributed by atoms with Gasteiger partial charge in [0.2, 0.25) is 5.91 Å². The monoisotopic (exact) mass is 419 g/mol. The summed E-state index contributed by atoms with van der Waals surface area (Å²) in [6.45, 7) is 3.71. The lowest BCUT2D eigenvalue weighted by molar-refractivity contribution is -0.130. The lowest BCUT2D eigenvalue weighted by Gasteiger charge is -2.28. The minimum Gasteiger partial charge on any atom is -0.342 e. The average molecular weight is 420 g/mol. The zero-order chi connectivity index (χ0) is 21.2. The Bertz CT molecular complexity index is 1030. The molecule has 1 saturated heterocycles. The molecule has 2 aromatic rings. The van der Waals surface area contributed by atoms with E-state index >= 15 is 0 Å². The fraction of sp³-hybridized carbons (Fsp3) is 0.500. The third kappa shape index (κ3) is 4.46. The van der Waals surface area contributed by atoms with E-state index in [2.05, 4.69) is 33.1 Å². The number of rotatable bonds is 5. The molecule has 7 heteroatoms. The van der Waals surface area contributed by atoms with E-state index in [1.54, 1.807) is 6.20 Å². The van der Waals surface area contributed by atoms with Crippen molar-refractivity contribution in [3.05, 3.63) is 69.7 Å². The SMILES string of the molecule is O=C(C[C@@H]1C=CCC1)N1CC[C@@H](c2nc3c(c(=O)[nH]2)CCN(Cc2cccnc2)C3)C1. The van der Waals surface area contributed by atoms with Crippen LogP contribution in [-0.4, -0.2) is 50.3 Å². The Labute approximate surface area is 182 Å². The van der Waals surface area contributed by atoms with Crippen LogP contribution < -0.4 is 5.56 Å². The fourth-order valence-electron chi connectivity index (χ4n) is 5.02. The van der Waals surface area contributed by atoms with Crippen LogP contribution in [0.1, 0.15) is 54.2 Å². The zero-order valence-corrected chi connectivity index (χ0v) is 17.8. The van der Waals surface area contributed by atoms with E-state index in [0.29, 0.717) is 31.8 Å². The normalized spacial score (nSPS) is 23.3. The van der Waals surface area contributed by atoms with Gasteiger partial charge in [0, 0.05) is 63.0 Å². The molecule has 1 aliphatic carbocycles. The fourth-order valence-corrected chi connectivity index (χ4v) is 5.02. The number of fused-ring (bicyclic) bond motifs is 1. The summed E-state index contributed by atoms with van der Waals surface area (Å²) in [5, 5.41) is 0. The van der Waals surface area contributed by atoms with Crippen molar-refractivity contribution in [3.63, 3.8) is 0 Å². The number of nitrogens with one attached hydrogen (secondary N) is 1. The summed E-state index contributed by atoms with van der Waals surface area (Å²) < 4.78 is 0. The Hall–Kier alpha value is -2.80. The lowest BCUT2D eigenvalue weighted by atomic mass is 10.0. The Morgan fingerprint density at radius 3 is 3.00 bits per heavy atom. The largest absolute Gasteiger partial charge is 0.342 e. The second-order valence-corrected chi connectivity index (χ2v) is 8.99. The van der Waals surface area contributed by atoms with Gasteiger partial charge in [0.1, 0.15) is 5.82 Å². The second kappa shape index (κ2) is 8.75. The molecule has 4 heterocycles. The van der Waals surface area contributed by atoms with Crippen LogP contribution in [0.25, 0.3) is 0 Å². The minimum atomic E-state index is -0.0121. The second-order valence-electron chi connectivity index (χ2n) is 8.99. The van der Waals surface area contributed by atoms with E-state index in [0.717, 1.165) is 61.5 Å². The summed E-state index contributed by atoms with van der Waals surface area (Å²) in [6, 6.07) is 4.02. The van der Waals surface area contributed by atoms with E-state index < -0.39 is 0 Å². The summed E-state index contributed by atoms with van der Waals surface area (Å²) in [6.07, 6.45) is 12.3. The molecule has 0 radical (unpaired) electrons. The van der Waals surface area contributed by atoms with Crippen molar-refractivity contribution in [2.75, 3.05) is 19.6 Å². The highest BCUT2D eigenvalue weighted by Crippen LogP contribution is 2.28. The van der Waals surface area contributed by atoms with Gasteiger partial charge >= 0.3 is 0 Å². The number of likely N-dealkylation sites (tertiary alicyclic amines) is 1. The third-order valence-electron chi connectivity index (χ3n) is 6.78. The lowest BCUT2D eigenvalue weighted by Crippen LogP contribution is -2.36. The van der Waals surface area contributed by atoms with Gasteiger partial charge < -0.3 is 9.88 Å². The molecule has 5 rings (SSSR count). The molecule has 0 aromatic carbocycles. The number of carbonyl (C=O) groups is 1. The summed E-state index contributed by atoms with van der Waals surface area (Å²) in [5.41, 5.74) is 2.85. The highest BCUT2D eigenvalue weighted by atomic mass is 16.2. The van der Waals surface area contributed by atoms with Crippen LogP contribution in [0.5, 0.6) is 0 Å². The number of allylic oxidation sites excluding steroid dienone is 2. The maximum absolute atomic E-state index is 12.7. The molecule has 0 spiro atoms. The van der Waals surface area contributed by atoms with Gasteiger partial charge in [-0.05, 0) is 43.2 Å². The average Bonchev–Trinajstić information content (AvgIpc) is 3.46. The van der Waals surface area contributed by atoms with Gasteiger partial charge in [-0.25, -0.2) is 4.98 Å². The van der Waals surface area contributed by atoms with Gasteiger partial charge in [0.15, 0.2) is 0 Å². The van der Waals surface area contributed by atoms with Crippen LogP contribution in [0, 0.1) is 5.92 Å². The van der Waals surface area contributed by atoms with Crippen LogP contribution in [0.3, 0.4) is 0 Å². The maximum Gasteiger partial charge on any atom is 0.254 e.